The molecular formula is C26H23FN4O3. The Morgan fingerprint density at radius 2 is 1.85 bits per heavy atom. The minimum atomic E-state index is -0.843. The molecule has 0 radical (unpaired) electrons. The number of rotatable bonds is 7. The van der Waals surface area contributed by atoms with Crippen LogP contribution in [0.5, 0.6) is 5.88 Å². The Morgan fingerprint density at radius 1 is 1.06 bits per heavy atom. The Balaban J connectivity index is 1.36. The minimum Gasteiger partial charge on any atom is -0.481 e. The van der Waals surface area contributed by atoms with E-state index in [-0.39, 0.29) is 12.3 Å². The van der Waals surface area contributed by atoms with Crippen molar-refractivity contribution >= 4 is 5.97 Å². The number of hydrogen-bond acceptors (Lipinski definition) is 5. The highest BCUT2D eigenvalue weighted by Gasteiger charge is 2.51. The third-order valence-electron chi connectivity index (χ3n) is 6.28. The number of H-pyrrole nitrogens is 1. The van der Waals surface area contributed by atoms with Crippen molar-refractivity contribution < 1.29 is 19.0 Å². The quantitative estimate of drug-likeness (QED) is 0.395. The SMILES string of the molecule is Cc1cc(OCC2(C(=O)O)CC2)ncc1-c1cnc(-c2ncc(-c3ccccc3C)[nH]2)c(F)c1. The highest BCUT2D eigenvalue weighted by Crippen LogP contribution is 2.46. The van der Waals surface area contributed by atoms with Crippen LogP contribution in [0.15, 0.2) is 55.0 Å². The van der Waals surface area contributed by atoms with Crippen LogP contribution < -0.4 is 4.74 Å². The van der Waals surface area contributed by atoms with E-state index >= 15 is 4.39 Å². The van der Waals surface area contributed by atoms with Crippen molar-refractivity contribution in [3.8, 4) is 39.8 Å². The maximum Gasteiger partial charge on any atom is 0.313 e. The fourth-order valence-electron chi connectivity index (χ4n) is 3.91. The van der Waals surface area contributed by atoms with E-state index in [2.05, 4.69) is 19.9 Å². The summed E-state index contributed by atoms with van der Waals surface area (Å²) in [4.78, 5) is 27.4. The first-order chi connectivity index (χ1) is 16.4. The normalized spacial score (nSPS) is 14.1. The maximum atomic E-state index is 15.0. The van der Waals surface area contributed by atoms with Crippen molar-refractivity contribution in [2.45, 2.75) is 26.7 Å². The van der Waals surface area contributed by atoms with Crippen molar-refractivity contribution in [2.24, 2.45) is 5.41 Å². The second-order valence-electron chi connectivity index (χ2n) is 8.73. The van der Waals surface area contributed by atoms with Gasteiger partial charge < -0.3 is 14.8 Å². The topological polar surface area (TPSA) is 101 Å². The molecule has 7 nitrogen and oxygen atoms in total. The summed E-state index contributed by atoms with van der Waals surface area (Å²) in [6, 6.07) is 11.0. The maximum absolute atomic E-state index is 15.0. The van der Waals surface area contributed by atoms with Gasteiger partial charge in [0, 0.05) is 35.2 Å². The van der Waals surface area contributed by atoms with Crippen molar-refractivity contribution in [3.05, 3.63) is 71.9 Å². The van der Waals surface area contributed by atoms with Crippen molar-refractivity contribution in [3.63, 3.8) is 0 Å². The van der Waals surface area contributed by atoms with E-state index in [9.17, 15) is 9.90 Å². The van der Waals surface area contributed by atoms with Gasteiger partial charge in [0.25, 0.3) is 0 Å². The molecule has 1 saturated carbocycles. The summed E-state index contributed by atoms with van der Waals surface area (Å²) < 4.78 is 20.7. The number of carboxylic acids is 1. The van der Waals surface area contributed by atoms with E-state index < -0.39 is 17.2 Å². The molecular weight excluding hydrogens is 435 g/mol. The summed E-state index contributed by atoms with van der Waals surface area (Å²) >= 11 is 0. The average Bonchev–Trinajstić information content (AvgIpc) is 3.47. The van der Waals surface area contributed by atoms with Gasteiger partial charge in [-0.05, 0) is 43.9 Å². The molecule has 172 valence electrons. The number of halogens is 1. The third kappa shape index (κ3) is 4.03. The number of aromatic amines is 1. The van der Waals surface area contributed by atoms with Gasteiger partial charge >= 0.3 is 5.97 Å². The van der Waals surface area contributed by atoms with Gasteiger partial charge in [-0.3, -0.25) is 4.79 Å². The number of aryl methyl sites for hydroxylation is 2. The highest BCUT2D eigenvalue weighted by molar-refractivity contribution is 5.78. The second kappa shape index (κ2) is 8.37. The van der Waals surface area contributed by atoms with Gasteiger partial charge in [-0.1, -0.05) is 24.3 Å². The van der Waals surface area contributed by atoms with Crippen LogP contribution in [0.2, 0.25) is 0 Å². The fraction of sp³-hybridized carbons (Fsp3) is 0.231. The summed E-state index contributed by atoms with van der Waals surface area (Å²) in [5.74, 6) is -0.642. The molecule has 2 N–H and O–H groups in total. The number of aliphatic carboxylic acids is 1. The standard InChI is InChI=1S/C26H23FN4O3/c1-15-5-3-4-6-18(15)21-13-30-24(31-21)23-20(27)10-17(11-29-23)19-12-28-22(9-16(19)2)34-14-26(7-8-26)25(32)33/h3-6,9-13H,7-8,14H2,1-2H3,(H,30,31)(H,32,33). The summed E-state index contributed by atoms with van der Waals surface area (Å²) in [5.41, 5.74) is 4.34. The fourth-order valence-corrected chi connectivity index (χ4v) is 3.91. The van der Waals surface area contributed by atoms with E-state index in [1.807, 2.05) is 38.1 Å². The average molecular weight is 458 g/mol. The number of benzene rings is 1. The first-order valence-electron chi connectivity index (χ1n) is 11.0. The summed E-state index contributed by atoms with van der Waals surface area (Å²) in [7, 11) is 0. The molecule has 1 fully saturated rings. The smallest absolute Gasteiger partial charge is 0.313 e. The number of pyridine rings is 2. The van der Waals surface area contributed by atoms with Gasteiger partial charge in [0.15, 0.2) is 11.6 Å². The van der Waals surface area contributed by atoms with Crippen LogP contribution in [0.3, 0.4) is 0 Å². The molecule has 0 aliphatic heterocycles. The van der Waals surface area contributed by atoms with Crippen molar-refractivity contribution in [2.75, 3.05) is 6.61 Å². The molecule has 3 aromatic heterocycles. The number of hydrogen-bond donors (Lipinski definition) is 2. The van der Waals surface area contributed by atoms with E-state index in [0.29, 0.717) is 35.7 Å². The molecule has 1 aliphatic carbocycles. The number of imidazole rings is 1. The van der Waals surface area contributed by atoms with Gasteiger partial charge in [-0.15, -0.1) is 0 Å². The Morgan fingerprint density at radius 3 is 2.53 bits per heavy atom. The number of nitrogens with zero attached hydrogens (tertiary/aromatic N) is 3. The lowest BCUT2D eigenvalue weighted by molar-refractivity contribution is -0.144. The molecule has 34 heavy (non-hydrogen) atoms. The number of nitrogens with one attached hydrogen (secondary N) is 1. The van der Waals surface area contributed by atoms with Crippen LogP contribution in [0.1, 0.15) is 24.0 Å². The zero-order chi connectivity index (χ0) is 23.9. The molecule has 0 amide bonds. The van der Waals surface area contributed by atoms with E-state index in [1.165, 1.54) is 6.07 Å². The van der Waals surface area contributed by atoms with Gasteiger partial charge in [-0.2, -0.15) is 0 Å². The molecule has 5 rings (SSSR count). The Bertz CT molecular complexity index is 1390. The van der Waals surface area contributed by atoms with Crippen LogP contribution in [0.25, 0.3) is 33.9 Å². The van der Waals surface area contributed by atoms with E-state index in [1.54, 1.807) is 24.7 Å². The Hall–Kier alpha value is -4.07. The first-order valence-corrected chi connectivity index (χ1v) is 11.0. The molecule has 0 unspecified atom stereocenters. The van der Waals surface area contributed by atoms with E-state index in [0.717, 1.165) is 22.4 Å². The zero-order valence-corrected chi connectivity index (χ0v) is 18.8. The highest BCUT2D eigenvalue weighted by atomic mass is 19.1. The van der Waals surface area contributed by atoms with Gasteiger partial charge in [-0.25, -0.2) is 19.3 Å². The lowest BCUT2D eigenvalue weighted by atomic mass is 10.0. The predicted molar refractivity (Wildman–Crippen MR) is 125 cm³/mol. The lowest BCUT2D eigenvalue weighted by Gasteiger charge is -2.13. The number of carbonyl (C=O) groups is 1. The monoisotopic (exact) mass is 458 g/mol. The van der Waals surface area contributed by atoms with Crippen LogP contribution in [0.4, 0.5) is 4.39 Å². The Kier molecular flexibility index (Phi) is 5.36. The summed E-state index contributed by atoms with van der Waals surface area (Å²) in [6.45, 7) is 3.96. The molecule has 0 spiro atoms. The molecule has 1 aromatic carbocycles. The third-order valence-corrected chi connectivity index (χ3v) is 6.28. The molecule has 3 heterocycles. The van der Waals surface area contributed by atoms with Crippen LogP contribution in [-0.4, -0.2) is 37.6 Å². The molecule has 0 saturated heterocycles. The Labute approximate surface area is 195 Å². The van der Waals surface area contributed by atoms with E-state index in [4.69, 9.17) is 4.74 Å². The molecule has 8 heteroatoms. The largest absolute Gasteiger partial charge is 0.481 e. The zero-order valence-electron chi connectivity index (χ0n) is 18.8. The van der Waals surface area contributed by atoms with Crippen LogP contribution in [0, 0.1) is 25.1 Å². The second-order valence-corrected chi connectivity index (χ2v) is 8.73. The van der Waals surface area contributed by atoms with Gasteiger partial charge in [0.1, 0.15) is 17.7 Å². The first kappa shape index (κ1) is 21.8. The summed E-state index contributed by atoms with van der Waals surface area (Å²) in [5, 5.41) is 9.28. The number of aromatic nitrogens is 4. The summed E-state index contributed by atoms with van der Waals surface area (Å²) in [6.07, 6.45) is 6.07. The molecule has 4 aromatic rings. The molecule has 1 aliphatic rings. The van der Waals surface area contributed by atoms with Crippen LogP contribution in [-0.2, 0) is 4.79 Å². The van der Waals surface area contributed by atoms with Crippen molar-refractivity contribution in [1.29, 1.82) is 0 Å². The lowest BCUT2D eigenvalue weighted by Crippen LogP contribution is -2.23. The number of carboxylic acid groups (broad SMARTS) is 1. The van der Waals surface area contributed by atoms with Crippen LogP contribution >= 0.6 is 0 Å². The van der Waals surface area contributed by atoms with Crippen molar-refractivity contribution in [1.82, 2.24) is 19.9 Å². The minimum absolute atomic E-state index is 0.0899. The van der Waals surface area contributed by atoms with Gasteiger partial charge in [0.2, 0.25) is 5.88 Å². The molecule has 0 atom stereocenters. The van der Waals surface area contributed by atoms with Gasteiger partial charge in [0.05, 0.1) is 11.9 Å². The molecule has 0 bridgehead atoms. The predicted octanol–water partition coefficient (Wildman–Crippen LogP) is 5.20. The number of ether oxygens (including phenoxy) is 1.